The SMILES string of the molecule is O.Pc1ccccc1Cl. The second kappa shape index (κ2) is 3.84. The molecule has 9 heavy (non-hydrogen) atoms. The van der Waals surface area contributed by atoms with Gasteiger partial charge in [-0.2, -0.15) is 0 Å². The summed E-state index contributed by atoms with van der Waals surface area (Å²) in [7, 11) is 2.55. The molecule has 1 nitrogen and oxygen atoms in total. The molecule has 1 aromatic rings. The van der Waals surface area contributed by atoms with Crippen molar-refractivity contribution in [3.05, 3.63) is 29.3 Å². The molecule has 0 aromatic heterocycles. The van der Waals surface area contributed by atoms with Crippen LogP contribution in [0.25, 0.3) is 0 Å². The van der Waals surface area contributed by atoms with Crippen LogP contribution in [0.2, 0.25) is 5.02 Å². The minimum Gasteiger partial charge on any atom is -0.412 e. The second-order valence-corrected chi connectivity index (χ2v) is 2.55. The summed E-state index contributed by atoms with van der Waals surface area (Å²) in [6, 6.07) is 7.68. The van der Waals surface area contributed by atoms with E-state index in [-0.39, 0.29) is 5.48 Å². The largest absolute Gasteiger partial charge is 0.412 e. The molecule has 2 N–H and O–H groups in total. The van der Waals surface area contributed by atoms with Gasteiger partial charge in [0.2, 0.25) is 0 Å². The smallest absolute Gasteiger partial charge is 0.0477 e. The monoisotopic (exact) mass is 162 g/mol. The van der Waals surface area contributed by atoms with Gasteiger partial charge in [0.15, 0.2) is 0 Å². The summed E-state index contributed by atoms with van der Waals surface area (Å²) in [5.41, 5.74) is 0. The van der Waals surface area contributed by atoms with Crippen LogP contribution >= 0.6 is 20.8 Å². The molecule has 0 aliphatic heterocycles. The van der Waals surface area contributed by atoms with Crippen LogP contribution in [-0.4, -0.2) is 5.48 Å². The Hall–Kier alpha value is -0.100. The van der Waals surface area contributed by atoms with Gasteiger partial charge in [0.1, 0.15) is 0 Å². The summed E-state index contributed by atoms with van der Waals surface area (Å²) >= 11 is 5.69. The number of halogens is 1. The lowest BCUT2D eigenvalue weighted by Gasteiger charge is -1.90. The average Bonchev–Trinajstić information content (AvgIpc) is 1.77. The number of benzene rings is 1. The van der Waals surface area contributed by atoms with Crippen LogP contribution in [0.3, 0.4) is 0 Å². The lowest BCUT2D eigenvalue weighted by atomic mass is 10.4. The van der Waals surface area contributed by atoms with Crippen molar-refractivity contribution in [3.63, 3.8) is 0 Å². The van der Waals surface area contributed by atoms with E-state index in [0.717, 1.165) is 10.3 Å². The third-order valence-corrected chi connectivity index (χ3v) is 1.94. The number of rotatable bonds is 0. The van der Waals surface area contributed by atoms with Crippen molar-refractivity contribution in [3.8, 4) is 0 Å². The Labute approximate surface area is 61.5 Å². The topological polar surface area (TPSA) is 31.5 Å². The molecule has 0 radical (unpaired) electrons. The van der Waals surface area contributed by atoms with Gasteiger partial charge in [-0.3, -0.25) is 0 Å². The van der Waals surface area contributed by atoms with Gasteiger partial charge in [-0.15, -0.1) is 9.24 Å². The minimum absolute atomic E-state index is 0. The fourth-order valence-electron chi connectivity index (χ4n) is 0.475. The van der Waals surface area contributed by atoms with Crippen molar-refractivity contribution in [2.75, 3.05) is 0 Å². The maximum atomic E-state index is 5.69. The number of hydrogen-bond donors (Lipinski definition) is 0. The summed E-state index contributed by atoms with van der Waals surface area (Å²) < 4.78 is 0. The summed E-state index contributed by atoms with van der Waals surface area (Å²) in [5, 5.41) is 1.85. The van der Waals surface area contributed by atoms with Crippen LogP contribution in [0.15, 0.2) is 24.3 Å². The van der Waals surface area contributed by atoms with E-state index < -0.39 is 0 Å². The summed E-state index contributed by atoms with van der Waals surface area (Å²) in [6.07, 6.45) is 0. The van der Waals surface area contributed by atoms with Crippen LogP contribution in [-0.2, 0) is 0 Å². The van der Waals surface area contributed by atoms with Gasteiger partial charge < -0.3 is 5.48 Å². The molecule has 0 saturated heterocycles. The van der Waals surface area contributed by atoms with E-state index in [1.54, 1.807) is 0 Å². The Morgan fingerprint density at radius 3 is 2.11 bits per heavy atom. The van der Waals surface area contributed by atoms with Crippen molar-refractivity contribution in [2.45, 2.75) is 0 Å². The first-order valence-electron chi connectivity index (χ1n) is 2.31. The first-order chi connectivity index (χ1) is 3.80. The Morgan fingerprint density at radius 1 is 1.22 bits per heavy atom. The number of hydrogen-bond acceptors (Lipinski definition) is 0. The molecule has 0 spiro atoms. The third-order valence-electron chi connectivity index (χ3n) is 0.905. The molecule has 0 aliphatic rings. The van der Waals surface area contributed by atoms with Gasteiger partial charge in [0, 0.05) is 5.02 Å². The highest BCUT2D eigenvalue weighted by Crippen LogP contribution is 2.05. The maximum absolute atomic E-state index is 5.69. The molecule has 3 heteroatoms. The van der Waals surface area contributed by atoms with Crippen molar-refractivity contribution in [1.29, 1.82) is 0 Å². The fraction of sp³-hybridized carbons (Fsp3) is 0. The maximum Gasteiger partial charge on any atom is 0.0477 e. The van der Waals surface area contributed by atoms with Crippen LogP contribution in [0, 0.1) is 0 Å². The predicted octanol–water partition coefficient (Wildman–Crippen LogP) is 1.02. The molecule has 0 heterocycles. The molecule has 0 bridgehead atoms. The first-order valence-corrected chi connectivity index (χ1v) is 3.26. The van der Waals surface area contributed by atoms with Gasteiger partial charge in [-0.05, 0) is 11.4 Å². The highest BCUT2D eigenvalue weighted by molar-refractivity contribution is 7.28. The molecule has 0 amide bonds. The summed E-state index contributed by atoms with van der Waals surface area (Å²) in [4.78, 5) is 0. The molecular formula is C6H8ClOP. The zero-order valence-electron chi connectivity index (χ0n) is 4.76. The van der Waals surface area contributed by atoms with E-state index in [0.29, 0.717) is 0 Å². The van der Waals surface area contributed by atoms with Crippen LogP contribution in [0.4, 0.5) is 0 Å². The van der Waals surface area contributed by atoms with Crippen LogP contribution < -0.4 is 5.30 Å². The molecule has 1 aromatic carbocycles. The molecule has 1 atom stereocenters. The zero-order chi connectivity index (χ0) is 5.98. The van der Waals surface area contributed by atoms with E-state index in [9.17, 15) is 0 Å². The van der Waals surface area contributed by atoms with Crippen LogP contribution in [0.5, 0.6) is 0 Å². The van der Waals surface area contributed by atoms with E-state index in [4.69, 9.17) is 11.6 Å². The van der Waals surface area contributed by atoms with E-state index in [2.05, 4.69) is 9.24 Å². The van der Waals surface area contributed by atoms with Crippen molar-refractivity contribution in [1.82, 2.24) is 0 Å². The molecule has 0 aliphatic carbocycles. The highest BCUT2D eigenvalue weighted by Gasteiger charge is 1.86. The highest BCUT2D eigenvalue weighted by atomic mass is 35.5. The molecule has 0 fully saturated rings. The van der Waals surface area contributed by atoms with Crippen molar-refractivity contribution >= 4 is 26.1 Å². The molecule has 1 rings (SSSR count). The molecule has 0 saturated carbocycles. The van der Waals surface area contributed by atoms with E-state index in [1.165, 1.54) is 0 Å². The normalized spacial score (nSPS) is 8.22. The van der Waals surface area contributed by atoms with Gasteiger partial charge in [0.05, 0.1) is 0 Å². The van der Waals surface area contributed by atoms with Crippen molar-refractivity contribution < 1.29 is 5.48 Å². The Kier molecular flexibility index (Phi) is 3.79. The lowest BCUT2D eigenvalue weighted by molar-refractivity contribution is 0.824. The molecule has 50 valence electrons. The summed E-state index contributed by atoms with van der Waals surface area (Å²) in [6.45, 7) is 0. The van der Waals surface area contributed by atoms with Gasteiger partial charge >= 0.3 is 0 Å². The van der Waals surface area contributed by atoms with Gasteiger partial charge in [0.25, 0.3) is 0 Å². The molecule has 1 unspecified atom stereocenters. The average molecular weight is 163 g/mol. The predicted molar refractivity (Wildman–Crippen MR) is 44.4 cm³/mol. The standard InChI is InChI=1S/C6H6ClP.H2O/c7-5-3-1-2-4-6(5)8;/h1-4H,8H2;1H2. The van der Waals surface area contributed by atoms with Gasteiger partial charge in [-0.25, -0.2) is 0 Å². The Balaban J connectivity index is 0.000000640. The lowest BCUT2D eigenvalue weighted by Crippen LogP contribution is -1.87. The van der Waals surface area contributed by atoms with Crippen molar-refractivity contribution in [2.24, 2.45) is 0 Å². The third kappa shape index (κ3) is 2.31. The zero-order valence-corrected chi connectivity index (χ0v) is 6.68. The Morgan fingerprint density at radius 2 is 1.78 bits per heavy atom. The Bertz CT molecular complexity index is 169. The fourth-order valence-corrected chi connectivity index (χ4v) is 0.818. The van der Waals surface area contributed by atoms with Gasteiger partial charge in [-0.1, -0.05) is 29.8 Å². The van der Waals surface area contributed by atoms with E-state index >= 15 is 0 Å². The first kappa shape index (κ1) is 8.90. The minimum atomic E-state index is 0. The molecular weight excluding hydrogens is 154 g/mol. The second-order valence-electron chi connectivity index (χ2n) is 1.52. The van der Waals surface area contributed by atoms with E-state index in [1.807, 2.05) is 24.3 Å². The summed E-state index contributed by atoms with van der Waals surface area (Å²) in [5.74, 6) is 0. The van der Waals surface area contributed by atoms with Crippen LogP contribution in [0.1, 0.15) is 0 Å². The quantitative estimate of drug-likeness (QED) is 0.510.